The second kappa shape index (κ2) is 8.49. The number of nitrogens with one attached hydrogen (secondary N) is 1. The maximum absolute atomic E-state index is 12.7. The van der Waals surface area contributed by atoms with Crippen LogP contribution in [-0.4, -0.2) is 22.4 Å². The normalized spacial score (nSPS) is 11.0. The molecule has 0 aliphatic carbocycles. The highest BCUT2D eigenvalue weighted by Crippen LogP contribution is 2.24. The fourth-order valence-electron chi connectivity index (χ4n) is 3.23. The summed E-state index contributed by atoms with van der Waals surface area (Å²) in [5.74, 6) is 0.608. The largest absolute Gasteiger partial charge is 0.497 e. The zero-order valence-corrected chi connectivity index (χ0v) is 16.4. The number of hydrogen-bond donors (Lipinski definition) is 1. The predicted octanol–water partition coefficient (Wildman–Crippen LogP) is 4.74. The average Bonchev–Trinajstić information content (AvgIpc) is 3.19. The third-order valence-electron chi connectivity index (χ3n) is 4.78. The van der Waals surface area contributed by atoms with Crippen LogP contribution in [0.5, 0.6) is 5.75 Å². The Morgan fingerprint density at radius 2 is 1.73 bits per heavy atom. The highest BCUT2D eigenvalue weighted by atomic mass is 16.5. The number of hydrogen-bond acceptors (Lipinski definition) is 3. The van der Waals surface area contributed by atoms with E-state index in [2.05, 4.69) is 4.98 Å². The number of carbonyl (C=O) groups is 1. The van der Waals surface area contributed by atoms with Gasteiger partial charge in [-0.25, -0.2) is 4.79 Å². The molecule has 1 N–H and O–H groups in total. The third-order valence-corrected chi connectivity index (χ3v) is 4.78. The lowest BCUT2D eigenvalue weighted by molar-refractivity contribution is 0.104. The molecule has 0 spiro atoms. The van der Waals surface area contributed by atoms with Gasteiger partial charge in [0, 0.05) is 17.3 Å². The van der Waals surface area contributed by atoms with E-state index >= 15 is 0 Å². The fraction of sp³-hybridized carbons (Fsp3) is 0.0400. The Kier molecular flexibility index (Phi) is 5.44. The highest BCUT2D eigenvalue weighted by Gasteiger charge is 2.12. The lowest BCUT2D eigenvalue weighted by Crippen LogP contribution is -2.16. The molecule has 4 rings (SSSR count). The Labute approximate surface area is 173 Å². The Bertz CT molecular complexity index is 1250. The summed E-state index contributed by atoms with van der Waals surface area (Å²) in [7, 11) is 1.61. The van der Waals surface area contributed by atoms with Gasteiger partial charge in [0.05, 0.1) is 18.5 Å². The van der Waals surface area contributed by atoms with Gasteiger partial charge in [0.1, 0.15) is 5.75 Å². The molecule has 0 radical (unpaired) electrons. The maximum atomic E-state index is 12.7. The standard InChI is InChI=1S/C25H20N2O3/c1-30-22-13-11-19(12-14-22)23-17-26-25(29)27(23)21-9-5-8-20(16-21)24(28)15-10-18-6-3-2-4-7-18/h2-17H,1H3,(H,26,29). The van der Waals surface area contributed by atoms with Gasteiger partial charge in [-0.1, -0.05) is 48.5 Å². The number of imidazole rings is 1. The fourth-order valence-corrected chi connectivity index (χ4v) is 3.23. The number of methoxy groups -OCH3 is 1. The first-order valence-electron chi connectivity index (χ1n) is 9.48. The topological polar surface area (TPSA) is 64.1 Å². The number of nitrogens with zero attached hydrogens (tertiary/aromatic N) is 1. The van der Waals surface area contributed by atoms with Crippen molar-refractivity contribution in [1.82, 2.24) is 9.55 Å². The summed E-state index contributed by atoms with van der Waals surface area (Å²) >= 11 is 0. The van der Waals surface area contributed by atoms with E-state index in [0.717, 1.165) is 16.9 Å². The Morgan fingerprint density at radius 3 is 2.47 bits per heavy atom. The van der Waals surface area contributed by atoms with Crippen LogP contribution in [0, 0.1) is 0 Å². The number of ether oxygens (including phenoxy) is 1. The van der Waals surface area contributed by atoms with Crippen LogP contribution >= 0.6 is 0 Å². The molecule has 148 valence electrons. The predicted molar refractivity (Wildman–Crippen MR) is 118 cm³/mol. The number of ketones is 1. The van der Waals surface area contributed by atoms with Gasteiger partial charge in [-0.2, -0.15) is 0 Å². The quantitative estimate of drug-likeness (QED) is 0.378. The van der Waals surface area contributed by atoms with Gasteiger partial charge in [-0.3, -0.25) is 9.36 Å². The van der Waals surface area contributed by atoms with E-state index < -0.39 is 0 Å². The molecule has 0 aliphatic rings. The van der Waals surface area contributed by atoms with E-state index in [9.17, 15) is 9.59 Å². The monoisotopic (exact) mass is 396 g/mol. The molecule has 0 unspecified atom stereocenters. The van der Waals surface area contributed by atoms with E-state index in [1.807, 2.05) is 54.6 Å². The van der Waals surface area contributed by atoms with E-state index in [-0.39, 0.29) is 11.5 Å². The summed E-state index contributed by atoms with van der Waals surface area (Å²) < 4.78 is 6.76. The van der Waals surface area contributed by atoms with Crippen molar-refractivity contribution in [2.24, 2.45) is 0 Å². The minimum absolute atomic E-state index is 0.129. The first-order valence-corrected chi connectivity index (χ1v) is 9.48. The van der Waals surface area contributed by atoms with Crippen LogP contribution in [0.4, 0.5) is 0 Å². The summed E-state index contributed by atoms with van der Waals surface area (Å²) in [6.07, 6.45) is 4.98. The Balaban J connectivity index is 1.67. The van der Waals surface area contributed by atoms with Crippen molar-refractivity contribution < 1.29 is 9.53 Å². The Morgan fingerprint density at radius 1 is 0.967 bits per heavy atom. The SMILES string of the molecule is COc1ccc(-c2c[nH]c(=O)n2-c2cccc(C(=O)C=Cc3ccccc3)c2)cc1. The van der Waals surface area contributed by atoms with Gasteiger partial charge in [0.25, 0.3) is 0 Å². The molecule has 0 saturated carbocycles. The van der Waals surface area contributed by atoms with Crippen molar-refractivity contribution in [1.29, 1.82) is 0 Å². The molecule has 3 aromatic carbocycles. The molecule has 1 heterocycles. The van der Waals surface area contributed by atoms with Crippen LogP contribution in [0.15, 0.2) is 95.9 Å². The van der Waals surface area contributed by atoms with Gasteiger partial charge < -0.3 is 9.72 Å². The smallest absolute Gasteiger partial charge is 0.330 e. The van der Waals surface area contributed by atoms with Crippen LogP contribution in [0.3, 0.4) is 0 Å². The van der Waals surface area contributed by atoms with Crippen LogP contribution < -0.4 is 10.4 Å². The molecule has 30 heavy (non-hydrogen) atoms. The van der Waals surface area contributed by atoms with Crippen LogP contribution in [0.25, 0.3) is 23.0 Å². The second-order valence-electron chi connectivity index (χ2n) is 6.70. The number of aromatic nitrogens is 2. The van der Waals surface area contributed by atoms with Crippen molar-refractivity contribution in [3.05, 3.63) is 113 Å². The summed E-state index contributed by atoms with van der Waals surface area (Å²) in [5.41, 5.74) is 3.36. The first-order chi connectivity index (χ1) is 14.7. The van der Waals surface area contributed by atoms with E-state index in [4.69, 9.17) is 4.74 Å². The van der Waals surface area contributed by atoms with Crippen molar-refractivity contribution in [2.75, 3.05) is 7.11 Å². The molecule has 1 aromatic heterocycles. The highest BCUT2D eigenvalue weighted by molar-refractivity contribution is 6.07. The molecule has 5 nitrogen and oxygen atoms in total. The zero-order chi connectivity index (χ0) is 20.9. The molecule has 0 amide bonds. The van der Waals surface area contributed by atoms with Crippen LogP contribution in [-0.2, 0) is 0 Å². The van der Waals surface area contributed by atoms with Gasteiger partial charge in [-0.05, 0) is 48.0 Å². The number of rotatable bonds is 6. The molecule has 0 fully saturated rings. The maximum Gasteiger partial charge on any atom is 0.330 e. The number of H-pyrrole nitrogens is 1. The van der Waals surface area contributed by atoms with E-state index in [1.54, 1.807) is 54.3 Å². The van der Waals surface area contributed by atoms with Gasteiger partial charge >= 0.3 is 5.69 Å². The van der Waals surface area contributed by atoms with Gasteiger partial charge in [-0.15, -0.1) is 0 Å². The molecule has 5 heteroatoms. The van der Waals surface area contributed by atoms with E-state index in [1.165, 1.54) is 0 Å². The third kappa shape index (κ3) is 4.00. The summed E-state index contributed by atoms with van der Waals surface area (Å²) in [6, 6.07) is 24.1. The lowest BCUT2D eigenvalue weighted by atomic mass is 10.1. The van der Waals surface area contributed by atoms with E-state index in [0.29, 0.717) is 16.9 Å². The molecule has 0 atom stereocenters. The van der Waals surface area contributed by atoms with Crippen LogP contribution in [0.1, 0.15) is 15.9 Å². The average molecular weight is 396 g/mol. The number of aromatic amines is 1. The molecular formula is C25H20N2O3. The van der Waals surface area contributed by atoms with Gasteiger partial charge in [0.15, 0.2) is 5.78 Å². The second-order valence-corrected chi connectivity index (χ2v) is 6.70. The number of carbonyl (C=O) groups excluding carboxylic acids is 1. The van der Waals surface area contributed by atoms with Crippen molar-refractivity contribution >= 4 is 11.9 Å². The van der Waals surface area contributed by atoms with Crippen LogP contribution in [0.2, 0.25) is 0 Å². The van der Waals surface area contributed by atoms with Crippen molar-refractivity contribution in [3.8, 4) is 22.7 Å². The lowest BCUT2D eigenvalue weighted by Gasteiger charge is -2.09. The summed E-state index contributed by atoms with van der Waals surface area (Å²) in [4.78, 5) is 27.9. The molecule has 0 bridgehead atoms. The Hall–Kier alpha value is -4.12. The summed E-state index contributed by atoms with van der Waals surface area (Å²) in [5, 5.41) is 0. The number of allylic oxidation sites excluding steroid dienone is 1. The molecule has 4 aromatic rings. The minimum Gasteiger partial charge on any atom is -0.497 e. The molecule has 0 aliphatic heterocycles. The minimum atomic E-state index is -0.273. The summed E-state index contributed by atoms with van der Waals surface area (Å²) in [6.45, 7) is 0. The van der Waals surface area contributed by atoms with Crippen molar-refractivity contribution in [3.63, 3.8) is 0 Å². The zero-order valence-electron chi connectivity index (χ0n) is 16.4. The molecule has 0 saturated heterocycles. The molecular weight excluding hydrogens is 376 g/mol. The van der Waals surface area contributed by atoms with Crippen molar-refractivity contribution in [2.45, 2.75) is 0 Å². The first kappa shape index (κ1) is 19.2. The number of benzene rings is 3. The van der Waals surface area contributed by atoms with Gasteiger partial charge in [0.2, 0.25) is 0 Å².